The number of likely N-dealkylation sites (N-methyl/N-ethyl adjacent to an activating group) is 1. The van der Waals surface area contributed by atoms with Gasteiger partial charge in [-0.2, -0.15) is 0 Å². The second-order valence-electron chi connectivity index (χ2n) is 5.65. The molecule has 1 aromatic heterocycles. The van der Waals surface area contributed by atoms with Crippen molar-refractivity contribution in [2.45, 2.75) is 52.2 Å². The highest BCUT2D eigenvalue weighted by atomic mass is 32.1. The minimum absolute atomic E-state index is 0.297. The minimum Gasteiger partial charge on any atom is -0.377 e. The first-order valence-corrected chi connectivity index (χ1v) is 8.49. The summed E-state index contributed by atoms with van der Waals surface area (Å²) in [6.07, 6.45) is 3.91. The molecular formula is C15H27N3OS. The molecule has 1 N–H and O–H groups in total. The molecule has 0 saturated carbocycles. The van der Waals surface area contributed by atoms with E-state index in [1.54, 1.807) is 0 Å². The van der Waals surface area contributed by atoms with Crippen LogP contribution in [0.5, 0.6) is 0 Å². The van der Waals surface area contributed by atoms with E-state index in [1.165, 1.54) is 23.4 Å². The zero-order chi connectivity index (χ0) is 14.5. The van der Waals surface area contributed by atoms with Crippen molar-refractivity contribution in [3.8, 4) is 0 Å². The molecule has 114 valence electrons. The van der Waals surface area contributed by atoms with Gasteiger partial charge in [0.1, 0.15) is 0 Å². The SMILES string of the molecule is CCNC1CCCc2nc(N(C)CCOC(C)C)sc21. The third kappa shape index (κ3) is 3.93. The number of aromatic nitrogens is 1. The van der Waals surface area contributed by atoms with Crippen LogP contribution in [0, 0.1) is 0 Å². The fourth-order valence-electron chi connectivity index (χ4n) is 2.53. The standard InChI is InChI=1S/C15H27N3OS/c1-5-16-12-7-6-8-13-14(12)20-15(17-13)18(4)9-10-19-11(2)3/h11-12,16H,5-10H2,1-4H3. The molecule has 20 heavy (non-hydrogen) atoms. The Bertz CT molecular complexity index is 419. The van der Waals surface area contributed by atoms with Crippen LogP contribution in [-0.2, 0) is 11.2 Å². The van der Waals surface area contributed by atoms with Gasteiger partial charge in [0.05, 0.1) is 18.4 Å². The smallest absolute Gasteiger partial charge is 0.185 e. The van der Waals surface area contributed by atoms with Crippen molar-refractivity contribution >= 4 is 16.5 Å². The van der Waals surface area contributed by atoms with Gasteiger partial charge in [-0.05, 0) is 39.7 Å². The van der Waals surface area contributed by atoms with Gasteiger partial charge in [0.15, 0.2) is 5.13 Å². The Kier molecular flexibility index (Phi) is 5.81. The summed E-state index contributed by atoms with van der Waals surface area (Å²) >= 11 is 1.85. The van der Waals surface area contributed by atoms with Crippen molar-refractivity contribution in [2.24, 2.45) is 0 Å². The van der Waals surface area contributed by atoms with Crippen LogP contribution in [0.15, 0.2) is 0 Å². The molecule has 0 fully saturated rings. The maximum absolute atomic E-state index is 5.62. The summed E-state index contributed by atoms with van der Waals surface area (Å²) in [6, 6.07) is 0.510. The Morgan fingerprint density at radius 2 is 2.30 bits per heavy atom. The average molecular weight is 297 g/mol. The van der Waals surface area contributed by atoms with Crippen LogP contribution < -0.4 is 10.2 Å². The predicted molar refractivity (Wildman–Crippen MR) is 85.8 cm³/mol. The van der Waals surface area contributed by atoms with Gasteiger partial charge >= 0.3 is 0 Å². The lowest BCUT2D eigenvalue weighted by molar-refractivity contribution is 0.0846. The molecule has 5 heteroatoms. The zero-order valence-electron chi connectivity index (χ0n) is 13.1. The van der Waals surface area contributed by atoms with Gasteiger partial charge in [0.25, 0.3) is 0 Å². The molecule has 1 atom stereocenters. The summed E-state index contributed by atoms with van der Waals surface area (Å²) in [4.78, 5) is 8.50. The fraction of sp³-hybridized carbons (Fsp3) is 0.800. The number of nitrogens with zero attached hydrogens (tertiary/aromatic N) is 2. The van der Waals surface area contributed by atoms with Crippen LogP contribution in [0.1, 0.15) is 50.2 Å². The zero-order valence-corrected chi connectivity index (χ0v) is 13.9. The second-order valence-corrected chi connectivity index (χ2v) is 6.66. The fourth-order valence-corrected chi connectivity index (χ4v) is 3.74. The lowest BCUT2D eigenvalue weighted by Gasteiger charge is -2.21. The van der Waals surface area contributed by atoms with Gasteiger partial charge in [-0.25, -0.2) is 4.98 Å². The van der Waals surface area contributed by atoms with E-state index in [-0.39, 0.29) is 0 Å². The van der Waals surface area contributed by atoms with E-state index in [2.05, 4.69) is 38.0 Å². The molecular weight excluding hydrogens is 270 g/mol. The van der Waals surface area contributed by atoms with E-state index in [9.17, 15) is 0 Å². The first-order chi connectivity index (χ1) is 9.61. The molecule has 1 heterocycles. The topological polar surface area (TPSA) is 37.4 Å². The molecule has 2 rings (SSSR count). The van der Waals surface area contributed by atoms with E-state index in [0.29, 0.717) is 12.1 Å². The van der Waals surface area contributed by atoms with Gasteiger partial charge < -0.3 is 15.0 Å². The first kappa shape index (κ1) is 15.7. The van der Waals surface area contributed by atoms with Gasteiger partial charge in [-0.1, -0.05) is 18.3 Å². The van der Waals surface area contributed by atoms with E-state index in [4.69, 9.17) is 9.72 Å². The van der Waals surface area contributed by atoms with Crippen molar-refractivity contribution in [3.05, 3.63) is 10.6 Å². The third-order valence-corrected chi connectivity index (χ3v) is 4.92. The van der Waals surface area contributed by atoms with Crippen LogP contribution in [0.25, 0.3) is 0 Å². The van der Waals surface area contributed by atoms with Crippen molar-refractivity contribution in [1.82, 2.24) is 10.3 Å². The maximum Gasteiger partial charge on any atom is 0.185 e. The Hall–Kier alpha value is -0.650. The summed E-state index contributed by atoms with van der Waals surface area (Å²) in [7, 11) is 2.11. The summed E-state index contributed by atoms with van der Waals surface area (Å²) in [6.45, 7) is 9.00. The quantitative estimate of drug-likeness (QED) is 0.839. The number of hydrogen-bond donors (Lipinski definition) is 1. The largest absolute Gasteiger partial charge is 0.377 e. The number of anilines is 1. The summed E-state index contributed by atoms with van der Waals surface area (Å²) in [5.41, 5.74) is 1.30. The van der Waals surface area contributed by atoms with E-state index < -0.39 is 0 Å². The second kappa shape index (κ2) is 7.38. The highest BCUT2D eigenvalue weighted by Gasteiger charge is 2.24. The first-order valence-electron chi connectivity index (χ1n) is 7.67. The minimum atomic E-state index is 0.297. The summed E-state index contributed by atoms with van der Waals surface area (Å²) in [5.74, 6) is 0. The summed E-state index contributed by atoms with van der Waals surface area (Å²) < 4.78 is 5.62. The van der Waals surface area contributed by atoms with Crippen molar-refractivity contribution in [2.75, 3.05) is 31.6 Å². The van der Waals surface area contributed by atoms with E-state index >= 15 is 0 Å². The van der Waals surface area contributed by atoms with Crippen LogP contribution in [0.4, 0.5) is 5.13 Å². The van der Waals surface area contributed by atoms with Crippen LogP contribution in [-0.4, -0.2) is 37.8 Å². The molecule has 0 saturated heterocycles. The van der Waals surface area contributed by atoms with E-state index in [1.807, 2.05) is 11.3 Å². The molecule has 0 aliphatic heterocycles. The Morgan fingerprint density at radius 1 is 1.50 bits per heavy atom. The molecule has 1 aromatic rings. The number of ether oxygens (including phenoxy) is 1. The highest BCUT2D eigenvalue weighted by Crippen LogP contribution is 2.37. The van der Waals surface area contributed by atoms with Gasteiger partial charge in [-0.3, -0.25) is 0 Å². The highest BCUT2D eigenvalue weighted by molar-refractivity contribution is 7.15. The number of nitrogens with one attached hydrogen (secondary N) is 1. The molecule has 0 bridgehead atoms. The molecule has 0 radical (unpaired) electrons. The van der Waals surface area contributed by atoms with E-state index in [0.717, 1.165) is 31.2 Å². The average Bonchev–Trinajstić information content (AvgIpc) is 2.83. The van der Waals surface area contributed by atoms with Crippen molar-refractivity contribution < 1.29 is 4.74 Å². The molecule has 0 aromatic carbocycles. The molecule has 1 aliphatic carbocycles. The maximum atomic E-state index is 5.62. The molecule has 1 aliphatic rings. The number of aryl methyl sites for hydroxylation is 1. The number of thiazole rings is 1. The third-order valence-electron chi connectivity index (χ3n) is 3.59. The van der Waals surface area contributed by atoms with Crippen molar-refractivity contribution in [1.29, 1.82) is 0 Å². The number of hydrogen-bond acceptors (Lipinski definition) is 5. The molecule has 1 unspecified atom stereocenters. The van der Waals surface area contributed by atoms with Crippen LogP contribution in [0.3, 0.4) is 0 Å². The Labute approximate surface area is 126 Å². The molecule has 4 nitrogen and oxygen atoms in total. The Morgan fingerprint density at radius 3 is 3.00 bits per heavy atom. The van der Waals surface area contributed by atoms with Gasteiger partial charge in [0, 0.05) is 24.5 Å². The predicted octanol–water partition coefficient (Wildman–Crippen LogP) is 2.99. The summed E-state index contributed by atoms with van der Waals surface area (Å²) in [5, 5.41) is 4.71. The van der Waals surface area contributed by atoms with Gasteiger partial charge in [0.2, 0.25) is 0 Å². The lowest BCUT2D eigenvalue weighted by atomic mass is 9.98. The number of rotatable bonds is 7. The van der Waals surface area contributed by atoms with Gasteiger partial charge in [-0.15, -0.1) is 0 Å². The van der Waals surface area contributed by atoms with Crippen LogP contribution >= 0.6 is 11.3 Å². The van der Waals surface area contributed by atoms with Crippen LogP contribution in [0.2, 0.25) is 0 Å². The van der Waals surface area contributed by atoms with Crippen molar-refractivity contribution in [3.63, 3.8) is 0 Å². The lowest BCUT2D eigenvalue weighted by Crippen LogP contribution is -2.23. The normalized spacial score (nSPS) is 18.4. The Balaban J connectivity index is 1.99. The molecule has 0 spiro atoms. The monoisotopic (exact) mass is 297 g/mol. The number of fused-ring (bicyclic) bond motifs is 1. The molecule has 0 amide bonds.